The van der Waals surface area contributed by atoms with Crippen LogP contribution in [0, 0.1) is 5.92 Å². The molecule has 20 heavy (non-hydrogen) atoms. The van der Waals surface area contributed by atoms with E-state index in [1.807, 2.05) is 6.07 Å². The van der Waals surface area contributed by atoms with E-state index in [9.17, 15) is 13.0 Å². The van der Waals surface area contributed by atoms with Crippen LogP contribution < -0.4 is 0 Å². The zero-order chi connectivity index (χ0) is 14.4. The van der Waals surface area contributed by atoms with Crippen molar-refractivity contribution >= 4 is 10.1 Å². The maximum absolute atomic E-state index is 11.3. The molecule has 3 nitrogen and oxygen atoms in total. The highest BCUT2D eigenvalue weighted by molar-refractivity contribution is 7.85. The van der Waals surface area contributed by atoms with Gasteiger partial charge in [-0.3, -0.25) is 4.55 Å². The molecular weight excluding hydrogens is 272 g/mol. The van der Waals surface area contributed by atoms with Gasteiger partial charge in [0.25, 0.3) is 10.1 Å². The fourth-order valence-electron chi connectivity index (χ4n) is 3.19. The largest absolute Gasteiger partial charge is 0.294 e. The van der Waals surface area contributed by atoms with Crippen LogP contribution in [0.3, 0.4) is 0 Å². The zero-order valence-electron chi connectivity index (χ0n) is 11.9. The molecule has 0 radical (unpaired) electrons. The highest BCUT2D eigenvalue weighted by atomic mass is 32.2. The molecule has 1 aromatic rings. The highest BCUT2D eigenvalue weighted by Gasteiger charge is 2.15. The third-order valence-corrected chi connectivity index (χ3v) is 5.24. The summed E-state index contributed by atoms with van der Waals surface area (Å²) in [4.78, 5) is 0.0673. The summed E-state index contributed by atoms with van der Waals surface area (Å²) < 4.78 is 31.8. The van der Waals surface area contributed by atoms with Crippen LogP contribution in [-0.2, 0) is 16.5 Å². The minimum Gasteiger partial charge on any atom is -0.282 e. The van der Waals surface area contributed by atoms with Crippen LogP contribution in [0.25, 0.3) is 0 Å². The molecule has 0 bridgehead atoms. The summed E-state index contributed by atoms with van der Waals surface area (Å²) in [5, 5.41) is 0. The molecule has 0 spiro atoms. The predicted octanol–water partition coefficient (Wildman–Crippen LogP) is 4.23. The number of hydrogen-bond donors (Lipinski definition) is 1. The number of rotatable bonds is 6. The van der Waals surface area contributed by atoms with E-state index in [0.717, 1.165) is 30.7 Å². The van der Waals surface area contributed by atoms with Crippen LogP contribution in [-0.4, -0.2) is 13.0 Å². The van der Waals surface area contributed by atoms with Gasteiger partial charge in [-0.15, -0.1) is 0 Å². The highest BCUT2D eigenvalue weighted by Crippen LogP contribution is 2.28. The lowest BCUT2D eigenvalue weighted by molar-refractivity contribution is 0.329. The van der Waals surface area contributed by atoms with Crippen LogP contribution in [0.15, 0.2) is 29.2 Å². The van der Waals surface area contributed by atoms with Gasteiger partial charge in [0.2, 0.25) is 0 Å². The molecule has 1 aliphatic rings. The van der Waals surface area contributed by atoms with E-state index < -0.39 is 10.1 Å². The molecule has 2 rings (SSSR count). The van der Waals surface area contributed by atoms with Gasteiger partial charge in [-0.05, 0) is 30.4 Å². The van der Waals surface area contributed by atoms with Crippen LogP contribution in [0.1, 0.15) is 56.9 Å². The van der Waals surface area contributed by atoms with E-state index in [-0.39, 0.29) is 4.90 Å². The van der Waals surface area contributed by atoms with Crippen molar-refractivity contribution in [1.29, 1.82) is 0 Å². The van der Waals surface area contributed by atoms with Gasteiger partial charge >= 0.3 is 0 Å². The van der Waals surface area contributed by atoms with Gasteiger partial charge in [0.15, 0.2) is 0 Å². The lowest BCUT2D eigenvalue weighted by Gasteiger charge is -2.21. The Labute approximate surface area is 122 Å². The Hall–Kier alpha value is -0.870. The molecule has 4 heteroatoms. The Kier molecular flexibility index (Phi) is 5.61. The summed E-state index contributed by atoms with van der Waals surface area (Å²) in [5.41, 5.74) is 0.735. The zero-order valence-corrected chi connectivity index (χ0v) is 12.7. The third kappa shape index (κ3) is 4.60. The third-order valence-electron chi connectivity index (χ3n) is 4.28. The number of hydrogen-bond acceptors (Lipinski definition) is 2. The second kappa shape index (κ2) is 7.23. The predicted molar refractivity (Wildman–Crippen MR) is 80.4 cm³/mol. The van der Waals surface area contributed by atoms with Crippen molar-refractivity contribution < 1.29 is 13.0 Å². The summed E-state index contributed by atoms with van der Waals surface area (Å²) in [5.74, 6) is 0.876. The van der Waals surface area contributed by atoms with Crippen LogP contribution in [0.5, 0.6) is 0 Å². The molecule has 1 aliphatic carbocycles. The minimum atomic E-state index is -4.09. The molecule has 1 N–H and O–H groups in total. The van der Waals surface area contributed by atoms with E-state index >= 15 is 0 Å². The van der Waals surface area contributed by atoms with E-state index in [4.69, 9.17) is 0 Å². The first-order valence-corrected chi connectivity index (χ1v) is 9.07. The van der Waals surface area contributed by atoms with Crippen LogP contribution >= 0.6 is 0 Å². The molecule has 0 aliphatic heterocycles. The average Bonchev–Trinajstić information content (AvgIpc) is 2.44. The first kappa shape index (κ1) is 15.5. The monoisotopic (exact) mass is 296 g/mol. The van der Waals surface area contributed by atoms with Gasteiger partial charge in [-0.25, -0.2) is 0 Å². The Morgan fingerprint density at radius 3 is 2.45 bits per heavy atom. The fourth-order valence-corrected chi connectivity index (χ4v) is 3.94. The standard InChI is InChI=1S/C16H24O3S/c17-20(18,19)16-13-7-6-12-15(16)11-5-4-10-14-8-2-1-3-9-14/h6-7,12-14H,1-5,8-11H2,(H,17,18,19). The topological polar surface area (TPSA) is 54.4 Å². The molecule has 0 amide bonds. The quantitative estimate of drug-likeness (QED) is 0.631. The lowest BCUT2D eigenvalue weighted by Crippen LogP contribution is -2.06. The maximum atomic E-state index is 11.3. The van der Waals surface area contributed by atoms with Gasteiger partial charge in [0, 0.05) is 0 Å². The summed E-state index contributed by atoms with van der Waals surface area (Å²) in [6.45, 7) is 0. The molecular formula is C16H24O3S. The van der Waals surface area contributed by atoms with Crippen LogP contribution in [0.4, 0.5) is 0 Å². The molecule has 112 valence electrons. The van der Waals surface area contributed by atoms with Crippen molar-refractivity contribution in [2.45, 2.75) is 62.7 Å². The molecule has 0 aromatic heterocycles. The van der Waals surface area contributed by atoms with Crippen molar-refractivity contribution in [3.05, 3.63) is 29.8 Å². The molecule has 0 heterocycles. The van der Waals surface area contributed by atoms with Crippen LogP contribution in [0.2, 0.25) is 0 Å². The minimum absolute atomic E-state index is 0.0673. The number of unbranched alkanes of at least 4 members (excludes halogenated alkanes) is 1. The Morgan fingerprint density at radius 1 is 1.05 bits per heavy atom. The maximum Gasteiger partial charge on any atom is 0.294 e. The molecule has 0 saturated heterocycles. The van der Waals surface area contributed by atoms with E-state index in [0.29, 0.717) is 0 Å². The van der Waals surface area contributed by atoms with Crippen molar-refractivity contribution in [3.63, 3.8) is 0 Å². The Morgan fingerprint density at radius 2 is 1.75 bits per heavy atom. The number of benzene rings is 1. The first-order valence-electron chi connectivity index (χ1n) is 7.63. The van der Waals surface area contributed by atoms with Gasteiger partial charge < -0.3 is 0 Å². The summed E-state index contributed by atoms with van der Waals surface area (Å²) in [7, 11) is -4.09. The Balaban J connectivity index is 1.82. The fraction of sp³-hybridized carbons (Fsp3) is 0.625. The van der Waals surface area contributed by atoms with Gasteiger partial charge in [0.05, 0.1) is 4.90 Å². The van der Waals surface area contributed by atoms with E-state index in [1.54, 1.807) is 12.1 Å². The second-order valence-electron chi connectivity index (χ2n) is 5.83. The molecule has 1 fully saturated rings. The summed E-state index contributed by atoms with van der Waals surface area (Å²) in [6, 6.07) is 6.75. The lowest BCUT2D eigenvalue weighted by atomic mass is 9.85. The smallest absolute Gasteiger partial charge is 0.282 e. The molecule has 1 aromatic carbocycles. The average molecular weight is 296 g/mol. The van der Waals surface area contributed by atoms with Gasteiger partial charge in [-0.1, -0.05) is 63.1 Å². The van der Waals surface area contributed by atoms with Crippen molar-refractivity contribution in [1.82, 2.24) is 0 Å². The van der Waals surface area contributed by atoms with Gasteiger partial charge in [-0.2, -0.15) is 8.42 Å². The molecule has 1 saturated carbocycles. The van der Waals surface area contributed by atoms with E-state index in [1.165, 1.54) is 44.6 Å². The van der Waals surface area contributed by atoms with E-state index in [2.05, 4.69) is 0 Å². The summed E-state index contributed by atoms with van der Waals surface area (Å²) in [6.07, 6.45) is 11.0. The molecule has 0 unspecified atom stereocenters. The van der Waals surface area contributed by atoms with Crippen molar-refractivity contribution in [2.24, 2.45) is 5.92 Å². The van der Waals surface area contributed by atoms with Crippen molar-refractivity contribution in [3.8, 4) is 0 Å². The SMILES string of the molecule is O=S(=O)(O)c1ccccc1CCCCC1CCCCC1. The second-order valence-corrected chi connectivity index (χ2v) is 7.22. The normalized spacial score (nSPS) is 17.2. The van der Waals surface area contributed by atoms with Crippen molar-refractivity contribution in [2.75, 3.05) is 0 Å². The van der Waals surface area contributed by atoms with Gasteiger partial charge in [0.1, 0.15) is 0 Å². The number of aryl methyl sites for hydroxylation is 1. The Bertz CT molecular complexity index is 516. The first-order chi connectivity index (χ1) is 9.57. The molecule has 0 atom stereocenters. The summed E-state index contributed by atoms with van der Waals surface area (Å²) >= 11 is 0.